The molecule has 128 valence electrons. The summed E-state index contributed by atoms with van der Waals surface area (Å²) in [5, 5.41) is 0. The molecule has 3 rings (SSSR count). The Hall–Kier alpha value is -1.89. The van der Waals surface area contributed by atoms with Gasteiger partial charge in [0.25, 0.3) is 0 Å². The van der Waals surface area contributed by atoms with Crippen LogP contribution >= 0.6 is 11.8 Å². The first-order valence-electron chi connectivity index (χ1n) is 7.78. The van der Waals surface area contributed by atoms with Crippen molar-refractivity contribution in [2.24, 2.45) is 0 Å². The van der Waals surface area contributed by atoms with Crippen LogP contribution in [0.5, 0.6) is 0 Å². The summed E-state index contributed by atoms with van der Waals surface area (Å²) in [6, 6.07) is 4.43. The summed E-state index contributed by atoms with van der Waals surface area (Å²) in [5.41, 5.74) is 0.277. The number of fused-ring (bicyclic) bond motifs is 1. The first kappa shape index (κ1) is 17.0. The highest BCUT2D eigenvalue weighted by Crippen LogP contribution is 2.47. The predicted molar refractivity (Wildman–Crippen MR) is 87.0 cm³/mol. The van der Waals surface area contributed by atoms with Crippen LogP contribution in [0.25, 0.3) is 0 Å². The Bertz CT molecular complexity index is 692. The highest BCUT2D eigenvalue weighted by molar-refractivity contribution is 8.01. The lowest BCUT2D eigenvalue weighted by Gasteiger charge is -2.29. The molecule has 2 aliphatic rings. The van der Waals surface area contributed by atoms with E-state index in [9.17, 15) is 18.8 Å². The smallest absolute Gasteiger partial charge is 0.330 e. The zero-order chi connectivity index (χ0) is 17.5. The molecule has 5 nitrogen and oxygen atoms in total. The van der Waals surface area contributed by atoms with E-state index >= 15 is 0 Å². The average Bonchev–Trinajstić information content (AvgIpc) is 3.04. The molecule has 0 saturated carbocycles. The monoisotopic (exact) mass is 351 g/mol. The summed E-state index contributed by atoms with van der Waals surface area (Å²) in [4.78, 5) is 38.0. The number of carbonyl (C=O) groups is 3. The molecular formula is C17H18FNO4S. The summed E-state index contributed by atoms with van der Waals surface area (Å²) >= 11 is 1.57. The molecule has 2 saturated heterocycles. The van der Waals surface area contributed by atoms with Crippen LogP contribution in [0.2, 0.25) is 0 Å². The molecule has 2 fully saturated rings. The maximum Gasteiger partial charge on any atom is 0.330 e. The molecule has 7 heteroatoms. The van der Waals surface area contributed by atoms with Crippen LogP contribution in [0, 0.1) is 5.82 Å². The Kier molecular flexibility index (Phi) is 4.38. The molecule has 0 radical (unpaired) electrons. The number of thioether (sulfide) groups is 1. The molecule has 0 spiro atoms. The minimum Gasteiger partial charge on any atom is -0.453 e. The fourth-order valence-corrected chi connectivity index (χ4v) is 4.57. The number of hydrogen-bond acceptors (Lipinski definition) is 5. The van der Waals surface area contributed by atoms with E-state index in [0.29, 0.717) is 18.6 Å². The zero-order valence-electron chi connectivity index (χ0n) is 13.5. The molecule has 0 bridgehead atoms. The van der Waals surface area contributed by atoms with Gasteiger partial charge in [0.2, 0.25) is 11.7 Å². The van der Waals surface area contributed by atoms with Crippen LogP contribution in [0.15, 0.2) is 24.3 Å². The fraction of sp³-hybridized carbons (Fsp3) is 0.471. The first-order chi connectivity index (χ1) is 11.3. The number of benzene rings is 1. The third-order valence-corrected chi connectivity index (χ3v) is 6.01. The number of halogens is 1. The Morgan fingerprint density at radius 2 is 2.04 bits per heavy atom. The van der Waals surface area contributed by atoms with Gasteiger partial charge >= 0.3 is 5.97 Å². The van der Waals surface area contributed by atoms with Gasteiger partial charge in [-0.05, 0) is 44.5 Å². The van der Waals surface area contributed by atoms with Crippen molar-refractivity contribution in [2.45, 2.75) is 43.7 Å². The van der Waals surface area contributed by atoms with Crippen molar-refractivity contribution in [3.8, 4) is 0 Å². The van der Waals surface area contributed by atoms with Crippen LogP contribution in [-0.2, 0) is 14.3 Å². The van der Waals surface area contributed by atoms with Gasteiger partial charge in [-0.25, -0.2) is 9.18 Å². The van der Waals surface area contributed by atoms with Crippen molar-refractivity contribution in [3.05, 3.63) is 35.6 Å². The van der Waals surface area contributed by atoms with Gasteiger partial charge in [0.15, 0.2) is 6.10 Å². The van der Waals surface area contributed by atoms with Crippen molar-refractivity contribution in [1.82, 2.24) is 4.90 Å². The summed E-state index contributed by atoms with van der Waals surface area (Å²) in [7, 11) is 0. The van der Waals surface area contributed by atoms with E-state index in [4.69, 9.17) is 4.74 Å². The summed E-state index contributed by atoms with van der Waals surface area (Å²) < 4.78 is 18.2. The van der Waals surface area contributed by atoms with E-state index in [1.165, 1.54) is 31.2 Å². The molecule has 1 aromatic carbocycles. The Morgan fingerprint density at radius 1 is 1.38 bits per heavy atom. The molecule has 2 aliphatic heterocycles. The lowest BCUT2D eigenvalue weighted by atomic mass is 10.1. The van der Waals surface area contributed by atoms with Crippen LogP contribution in [0.3, 0.4) is 0 Å². The van der Waals surface area contributed by atoms with Gasteiger partial charge < -0.3 is 9.64 Å². The van der Waals surface area contributed by atoms with Gasteiger partial charge in [-0.3, -0.25) is 9.59 Å². The van der Waals surface area contributed by atoms with Crippen molar-refractivity contribution in [3.63, 3.8) is 0 Å². The van der Waals surface area contributed by atoms with E-state index in [1.54, 1.807) is 16.7 Å². The molecule has 0 unspecified atom stereocenters. The van der Waals surface area contributed by atoms with E-state index in [1.807, 2.05) is 6.92 Å². The van der Waals surface area contributed by atoms with E-state index in [2.05, 4.69) is 0 Å². The lowest BCUT2D eigenvalue weighted by Crippen LogP contribution is -2.47. The minimum absolute atomic E-state index is 0.0537. The number of rotatable bonds is 4. The quantitative estimate of drug-likeness (QED) is 0.616. The maximum absolute atomic E-state index is 12.9. The van der Waals surface area contributed by atoms with Gasteiger partial charge in [0.1, 0.15) is 11.9 Å². The Balaban J connectivity index is 1.67. The van der Waals surface area contributed by atoms with Crippen molar-refractivity contribution in [1.29, 1.82) is 0 Å². The lowest BCUT2D eigenvalue weighted by molar-refractivity contribution is -0.155. The number of esters is 1. The minimum atomic E-state index is -0.988. The number of nitrogens with zero attached hydrogens (tertiary/aromatic N) is 1. The van der Waals surface area contributed by atoms with Crippen LogP contribution < -0.4 is 0 Å². The second-order valence-corrected chi connectivity index (χ2v) is 7.72. The Labute approximate surface area is 143 Å². The molecule has 3 atom stereocenters. The fourth-order valence-electron chi connectivity index (χ4n) is 3.15. The highest BCUT2D eigenvalue weighted by Gasteiger charge is 2.53. The van der Waals surface area contributed by atoms with Crippen molar-refractivity contribution >= 4 is 29.4 Å². The van der Waals surface area contributed by atoms with E-state index in [0.717, 1.165) is 0 Å². The zero-order valence-corrected chi connectivity index (χ0v) is 14.3. The number of carbonyl (C=O) groups excluding carboxylic acids is 3. The van der Waals surface area contributed by atoms with E-state index in [-0.39, 0.29) is 16.3 Å². The summed E-state index contributed by atoms with van der Waals surface area (Å²) in [6.45, 7) is 3.43. The van der Waals surface area contributed by atoms with Gasteiger partial charge in [-0.2, -0.15) is 0 Å². The normalized spacial score (nSPS) is 27.0. The number of ether oxygens (including phenoxy) is 1. The second-order valence-electron chi connectivity index (χ2n) is 6.22. The highest BCUT2D eigenvalue weighted by atomic mass is 32.2. The third-order valence-electron chi connectivity index (χ3n) is 4.51. The van der Waals surface area contributed by atoms with Gasteiger partial charge in [0, 0.05) is 17.7 Å². The number of Topliss-reactive ketones (excluding diaryl/α,β-unsaturated/α-hetero) is 1. The van der Waals surface area contributed by atoms with Crippen LogP contribution in [-0.4, -0.2) is 45.3 Å². The standard InChI is InChI=1S/C17H18FNO4S/c1-10(15(21)11-3-5-12(18)6-4-11)23-16(22)13-9-24-17(2)8-7-14(20)19(13)17/h3-6,10,13H,7-9H2,1-2H3/t10-,13-,17-/m0/s1. The molecule has 0 aromatic heterocycles. The molecule has 0 aliphatic carbocycles. The maximum atomic E-state index is 12.9. The molecule has 1 aromatic rings. The topological polar surface area (TPSA) is 63.7 Å². The average molecular weight is 351 g/mol. The largest absolute Gasteiger partial charge is 0.453 e. The van der Waals surface area contributed by atoms with Crippen molar-refractivity contribution < 1.29 is 23.5 Å². The van der Waals surface area contributed by atoms with Crippen LogP contribution in [0.1, 0.15) is 37.0 Å². The molecule has 24 heavy (non-hydrogen) atoms. The molecule has 1 amide bonds. The number of hydrogen-bond donors (Lipinski definition) is 0. The predicted octanol–water partition coefficient (Wildman–Crippen LogP) is 2.39. The van der Waals surface area contributed by atoms with Crippen molar-refractivity contribution in [2.75, 3.05) is 5.75 Å². The van der Waals surface area contributed by atoms with Crippen LogP contribution in [0.4, 0.5) is 4.39 Å². The summed E-state index contributed by atoms with van der Waals surface area (Å²) in [5.74, 6) is -0.986. The van der Waals surface area contributed by atoms with Gasteiger partial charge in [-0.1, -0.05) is 0 Å². The number of ketones is 1. The summed E-state index contributed by atoms with van der Waals surface area (Å²) in [6.07, 6.45) is 0.152. The SMILES string of the molecule is C[C@H](OC(=O)[C@@H]1CS[C@@]2(C)CCC(=O)N12)C(=O)c1ccc(F)cc1. The Morgan fingerprint density at radius 3 is 2.71 bits per heavy atom. The molecule has 2 heterocycles. The van der Waals surface area contributed by atoms with E-state index < -0.39 is 29.7 Å². The number of amides is 1. The van der Waals surface area contributed by atoms with Gasteiger partial charge in [-0.15, -0.1) is 11.8 Å². The van der Waals surface area contributed by atoms with Gasteiger partial charge in [0.05, 0.1) is 4.87 Å². The first-order valence-corrected chi connectivity index (χ1v) is 8.77. The second kappa shape index (κ2) is 6.20. The molecular weight excluding hydrogens is 333 g/mol. The third kappa shape index (κ3) is 2.92. The molecule has 0 N–H and O–H groups in total.